The van der Waals surface area contributed by atoms with Crippen LogP contribution in [0.4, 0.5) is 0 Å². The average molecular weight is 258 g/mol. The fourth-order valence-corrected chi connectivity index (χ4v) is 2.06. The van der Waals surface area contributed by atoms with Gasteiger partial charge in [0.05, 0.1) is 10.5 Å². The molecule has 0 spiro atoms. The number of halogens is 1. The third kappa shape index (κ3) is 1.87. The normalized spacial score (nSPS) is 11.1. The van der Waals surface area contributed by atoms with Gasteiger partial charge < -0.3 is 4.98 Å². The number of rotatable bonds is 1. The molecular formula is C14H12ClN3. The third-order valence-electron chi connectivity index (χ3n) is 3.08. The molecule has 0 amide bonds. The van der Waals surface area contributed by atoms with Crippen LogP contribution in [0, 0.1) is 13.8 Å². The molecule has 0 bridgehead atoms. The van der Waals surface area contributed by atoms with Crippen LogP contribution in [0.25, 0.3) is 22.6 Å². The van der Waals surface area contributed by atoms with E-state index in [9.17, 15) is 0 Å². The minimum atomic E-state index is 0.609. The standard InChI is InChI=1S/C14H12ClN3/c1-8-3-4-10(5-9(8)2)13-17-12-6-11(15)7-16-14(12)18-13/h3-7H,1-2H3,(H,16,17,18). The Kier molecular flexibility index (Phi) is 2.56. The first-order valence-corrected chi connectivity index (χ1v) is 6.10. The third-order valence-corrected chi connectivity index (χ3v) is 3.29. The number of benzene rings is 1. The van der Waals surface area contributed by atoms with Crippen LogP contribution in [0.2, 0.25) is 5.02 Å². The molecule has 0 fully saturated rings. The molecule has 0 radical (unpaired) electrons. The zero-order valence-electron chi connectivity index (χ0n) is 10.2. The molecule has 3 aromatic rings. The molecule has 0 unspecified atom stereocenters. The Morgan fingerprint density at radius 2 is 1.94 bits per heavy atom. The minimum Gasteiger partial charge on any atom is -0.337 e. The van der Waals surface area contributed by atoms with E-state index >= 15 is 0 Å². The summed E-state index contributed by atoms with van der Waals surface area (Å²) in [6.45, 7) is 4.19. The Morgan fingerprint density at radius 1 is 1.11 bits per heavy atom. The fraction of sp³-hybridized carbons (Fsp3) is 0.143. The van der Waals surface area contributed by atoms with Gasteiger partial charge in [-0.2, -0.15) is 0 Å². The first-order valence-electron chi connectivity index (χ1n) is 5.72. The van der Waals surface area contributed by atoms with Gasteiger partial charge in [0.25, 0.3) is 0 Å². The zero-order chi connectivity index (χ0) is 12.7. The number of H-pyrrole nitrogens is 1. The number of hydrogen-bond donors (Lipinski definition) is 1. The molecule has 0 aliphatic carbocycles. The summed E-state index contributed by atoms with van der Waals surface area (Å²) >= 11 is 5.91. The van der Waals surface area contributed by atoms with Crippen LogP contribution in [0.3, 0.4) is 0 Å². The molecule has 3 nitrogen and oxygen atoms in total. The number of aryl methyl sites for hydroxylation is 2. The highest BCUT2D eigenvalue weighted by Gasteiger charge is 2.07. The Hall–Kier alpha value is -1.87. The smallest absolute Gasteiger partial charge is 0.178 e. The quantitative estimate of drug-likeness (QED) is 0.718. The summed E-state index contributed by atoms with van der Waals surface area (Å²) in [7, 11) is 0. The Labute approximate surface area is 110 Å². The van der Waals surface area contributed by atoms with Gasteiger partial charge in [-0.1, -0.05) is 23.7 Å². The molecule has 90 valence electrons. The molecule has 4 heteroatoms. The molecule has 3 rings (SSSR count). The van der Waals surface area contributed by atoms with Gasteiger partial charge >= 0.3 is 0 Å². The Morgan fingerprint density at radius 3 is 2.72 bits per heavy atom. The number of aromatic amines is 1. The van der Waals surface area contributed by atoms with Crippen LogP contribution in [0.1, 0.15) is 11.1 Å². The number of pyridine rings is 1. The number of aromatic nitrogens is 3. The highest BCUT2D eigenvalue weighted by molar-refractivity contribution is 6.31. The topological polar surface area (TPSA) is 41.6 Å². The largest absolute Gasteiger partial charge is 0.337 e. The monoisotopic (exact) mass is 257 g/mol. The maximum Gasteiger partial charge on any atom is 0.178 e. The summed E-state index contributed by atoms with van der Waals surface area (Å²) < 4.78 is 0. The van der Waals surface area contributed by atoms with Gasteiger partial charge in [-0.05, 0) is 37.1 Å². The molecule has 0 saturated heterocycles. The molecule has 0 saturated carbocycles. The van der Waals surface area contributed by atoms with Crippen molar-refractivity contribution in [2.24, 2.45) is 0 Å². The van der Waals surface area contributed by atoms with Gasteiger partial charge in [0.2, 0.25) is 0 Å². The second kappa shape index (κ2) is 4.10. The van der Waals surface area contributed by atoms with Crippen LogP contribution < -0.4 is 0 Å². The molecule has 0 atom stereocenters. The fourth-order valence-electron chi connectivity index (χ4n) is 1.90. The maximum atomic E-state index is 5.91. The van der Waals surface area contributed by atoms with E-state index in [1.165, 1.54) is 11.1 Å². The molecular weight excluding hydrogens is 246 g/mol. The molecule has 1 N–H and O–H groups in total. The van der Waals surface area contributed by atoms with E-state index in [4.69, 9.17) is 11.6 Å². The zero-order valence-corrected chi connectivity index (χ0v) is 10.9. The van der Waals surface area contributed by atoms with Gasteiger partial charge in [0.15, 0.2) is 5.65 Å². The highest BCUT2D eigenvalue weighted by atomic mass is 35.5. The summed E-state index contributed by atoms with van der Waals surface area (Å²) in [6.07, 6.45) is 1.61. The number of hydrogen-bond acceptors (Lipinski definition) is 2. The van der Waals surface area contributed by atoms with E-state index in [0.29, 0.717) is 10.7 Å². The number of nitrogens with zero attached hydrogens (tertiary/aromatic N) is 2. The van der Waals surface area contributed by atoms with Gasteiger partial charge in [-0.15, -0.1) is 0 Å². The molecule has 18 heavy (non-hydrogen) atoms. The lowest BCUT2D eigenvalue weighted by molar-refractivity contribution is 1.28. The van der Waals surface area contributed by atoms with E-state index in [1.54, 1.807) is 6.20 Å². The van der Waals surface area contributed by atoms with Crippen molar-refractivity contribution >= 4 is 22.8 Å². The Bertz CT molecular complexity index is 731. The van der Waals surface area contributed by atoms with Crippen molar-refractivity contribution in [3.63, 3.8) is 0 Å². The van der Waals surface area contributed by atoms with Crippen molar-refractivity contribution in [1.29, 1.82) is 0 Å². The second-order valence-corrected chi connectivity index (χ2v) is 4.85. The van der Waals surface area contributed by atoms with E-state index in [1.807, 2.05) is 6.07 Å². The van der Waals surface area contributed by atoms with Crippen LogP contribution in [-0.2, 0) is 0 Å². The van der Waals surface area contributed by atoms with Crippen LogP contribution in [0.15, 0.2) is 30.5 Å². The summed E-state index contributed by atoms with van der Waals surface area (Å²) in [4.78, 5) is 11.9. The minimum absolute atomic E-state index is 0.609. The lowest BCUT2D eigenvalue weighted by Crippen LogP contribution is -1.85. The van der Waals surface area contributed by atoms with Crippen molar-refractivity contribution in [1.82, 2.24) is 15.0 Å². The summed E-state index contributed by atoms with van der Waals surface area (Å²) in [6, 6.07) is 8.11. The lowest BCUT2D eigenvalue weighted by Gasteiger charge is -2.01. The number of nitrogens with one attached hydrogen (secondary N) is 1. The Balaban J connectivity index is 2.16. The number of fused-ring (bicyclic) bond motifs is 1. The first kappa shape index (κ1) is 11.2. The maximum absolute atomic E-state index is 5.91. The predicted octanol–water partition coefficient (Wildman–Crippen LogP) is 3.90. The van der Waals surface area contributed by atoms with Crippen molar-refractivity contribution < 1.29 is 0 Å². The van der Waals surface area contributed by atoms with Gasteiger partial charge in [-0.3, -0.25) is 0 Å². The van der Waals surface area contributed by atoms with Crippen LogP contribution in [0.5, 0.6) is 0 Å². The van der Waals surface area contributed by atoms with E-state index in [-0.39, 0.29) is 0 Å². The number of imidazole rings is 1. The highest BCUT2D eigenvalue weighted by Crippen LogP contribution is 2.23. The molecule has 2 aromatic heterocycles. The van der Waals surface area contributed by atoms with Crippen molar-refractivity contribution in [3.8, 4) is 11.4 Å². The second-order valence-electron chi connectivity index (χ2n) is 4.41. The van der Waals surface area contributed by atoms with Crippen LogP contribution >= 0.6 is 11.6 Å². The molecule has 0 aliphatic heterocycles. The summed E-state index contributed by atoms with van der Waals surface area (Å²) in [5, 5.41) is 0.609. The van der Waals surface area contributed by atoms with Crippen LogP contribution in [-0.4, -0.2) is 15.0 Å². The summed E-state index contributed by atoms with van der Waals surface area (Å²) in [5.41, 5.74) is 5.13. The lowest BCUT2D eigenvalue weighted by atomic mass is 10.1. The van der Waals surface area contributed by atoms with Crippen molar-refractivity contribution in [2.45, 2.75) is 13.8 Å². The molecule has 2 heterocycles. The van der Waals surface area contributed by atoms with E-state index in [0.717, 1.165) is 16.9 Å². The van der Waals surface area contributed by atoms with Gasteiger partial charge in [0, 0.05) is 11.8 Å². The van der Waals surface area contributed by atoms with E-state index in [2.05, 4.69) is 47.0 Å². The molecule has 1 aromatic carbocycles. The predicted molar refractivity (Wildman–Crippen MR) is 73.8 cm³/mol. The molecule has 0 aliphatic rings. The SMILES string of the molecule is Cc1ccc(-c2nc3ncc(Cl)cc3[nH]2)cc1C. The van der Waals surface area contributed by atoms with Crippen molar-refractivity contribution in [3.05, 3.63) is 46.6 Å². The first-order chi connectivity index (χ1) is 8.63. The van der Waals surface area contributed by atoms with Gasteiger partial charge in [-0.25, -0.2) is 9.97 Å². The van der Waals surface area contributed by atoms with Gasteiger partial charge in [0.1, 0.15) is 5.82 Å². The van der Waals surface area contributed by atoms with Crippen molar-refractivity contribution in [2.75, 3.05) is 0 Å². The summed E-state index contributed by atoms with van der Waals surface area (Å²) in [5.74, 6) is 0.822. The average Bonchev–Trinajstić information content (AvgIpc) is 2.75. The van der Waals surface area contributed by atoms with E-state index < -0.39 is 0 Å².